The molecule has 0 amide bonds. The quantitative estimate of drug-likeness (QED) is 0.749. The van der Waals surface area contributed by atoms with E-state index in [-0.39, 0.29) is 0 Å². The van der Waals surface area contributed by atoms with E-state index in [4.69, 9.17) is 0 Å². The normalized spacial score (nSPS) is 12.2. The average Bonchev–Trinajstić information content (AvgIpc) is 2.16. The third-order valence-corrected chi connectivity index (χ3v) is 2.52. The van der Waals surface area contributed by atoms with Crippen LogP contribution in [0.15, 0.2) is 24.3 Å². The van der Waals surface area contributed by atoms with E-state index >= 15 is 0 Å². The maximum Gasteiger partial charge on any atom is 0.115 e. The van der Waals surface area contributed by atoms with Crippen molar-refractivity contribution in [3.05, 3.63) is 35.4 Å². The van der Waals surface area contributed by atoms with Crippen LogP contribution in [0, 0.1) is 0 Å². The minimum absolute atomic E-state index is 0.348. The van der Waals surface area contributed by atoms with Gasteiger partial charge in [0, 0.05) is 0 Å². The largest absolute Gasteiger partial charge is 0.508 e. The lowest BCUT2D eigenvalue weighted by Gasteiger charge is -2.13. The molecule has 1 rings (SSSR count). The summed E-state index contributed by atoms with van der Waals surface area (Å²) in [6, 6.07) is 5.58. The highest BCUT2D eigenvalue weighted by atomic mass is 16.3. The number of rotatable bonds is 2. The molecule has 0 heterocycles. The predicted molar refractivity (Wildman–Crippen MR) is 61.5 cm³/mol. The summed E-state index contributed by atoms with van der Waals surface area (Å²) in [5.74, 6) is 0.786. The Bertz CT molecular complexity index is 348. The predicted octanol–water partition coefficient (Wildman–Crippen LogP) is 3.94. The number of benzene rings is 1. The summed E-state index contributed by atoms with van der Waals surface area (Å²) >= 11 is 0. The van der Waals surface area contributed by atoms with E-state index < -0.39 is 0 Å². The Morgan fingerprint density at radius 2 is 2.00 bits per heavy atom. The summed E-state index contributed by atoms with van der Waals surface area (Å²) in [4.78, 5) is 0. The summed E-state index contributed by atoms with van der Waals surface area (Å²) in [7, 11) is 0. The first kappa shape index (κ1) is 10.8. The molecule has 0 aliphatic heterocycles. The summed E-state index contributed by atoms with van der Waals surface area (Å²) < 4.78 is 0. The molecule has 0 fully saturated rings. The van der Waals surface area contributed by atoms with Gasteiger partial charge >= 0.3 is 0 Å². The molecule has 1 heteroatoms. The molecule has 0 radical (unpaired) electrons. The number of phenolic OH excluding ortho intramolecular Hbond substituents is 1. The highest BCUT2D eigenvalue weighted by molar-refractivity contribution is 5.67. The highest BCUT2D eigenvalue weighted by Gasteiger charge is 2.08. The molecular weight excluding hydrogens is 172 g/mol. The maximum atomic E-state index is 9.42. The lowest BCUT2D eigenvalue weighted by Crippen LogP contribution is -1.94. The van der Waals surface area contributed by atoms with Crippen molar-refractivity contribution >= 4 is 5.57 Å². The molecule has 0 bridgehead atoms. The Labute approximate surface area is 86.1 Å². The van der Waals surface area contributed by atoms with E-state index in [0.29, 0.717) is 11.7 Å². The first-order chi connectivity index (χ1) is 6.56. The van der Waals surface area contributed by atoms with Gasteiger partial charge in [0.1, 0.15) is 5.75 Å². The van der Waals surface area contributed by atoms with Crippen LogP contribution in [-0.4, -0.2) is 5.11 Å². The smallest absolute Gasteiger partial charge is 0.115 e. The molecule has 0 saturated carbocycles. The number of allylic oxidation sites excluding steroid dienone is 2. The monoisotopic (exact) mass is 190 g/mol. The molecule has 0 unspecified atom stereocenters. The maximum absolute atomic E-state index is 9.42. The van der Waals surface area contributed by atoms with Crippen molar-refractivity contribution in [2.45, 2.75) is 33.6 Å². The molecule has 14 heavy (non-hydrogen) atoms. The standard InChI is InChI=1S/C13H18O/c1-5-10(4)12-7-6-11(14)8-13(12)9(2)3/h5-9,14H,1-4H3. The van der Waals surface area contributed by atoms with Crippen LogP contribution in [0.2, 0.25) is 0 Å². The van der Waals surface area contributed by atoms with Gasteiger partial charge in [-0.2, -0.15) is 0 Å². The van der Waals surface area contributed by atoms with Crippen LogP contribution < -0.4 is 0 Å². The fourth-order valence-electron chi connectivity index (χ4n) is 1.54. The van der Waals surface area contributed by atoms with Crippen molar-refractivity contribution in [3.8, 4) is 5.75 Å². The zero-order valence-corrected chi connectivity index (χ0v) is 9.33. The molecule has 76 valence electrons. The third kappa shape index (κ3) is 2.16. The van der Waals surface area contributed by atoms with E-state index in [1.54, 1.807) is 6.07 Å². The van der Waals surface area contributed by atoms with Crippen molar-refractivity contribution in [1.29, 1.82) is 0 Å². The van der Waals surface area contributed by atoms with E-state index in [1.165, 1.54) is 16.7 Å². The summed E-state index contributed by atoms with van der Waals surface area (Å²) in [5.41, 5.74) is 3.70. The van der Waals surface area contributed by atoms with Crippen LogP contribution in [0.5, 0.6) is 5.75 Å². The van der Waals surface area contributed by atoms with Crippen molar-refractivity contribution in [3.63, 3.8) is 0 Å². The molecule has 0 aliphatic rings. The van der Waals surface area contributed by atoms with Crippen LogP contribution in [0.3, 0.4) is 0 Å². The molecule has 0 aliphatic carbocycles. The van der Waals surface area contributed by atoms with Crippen molar-refractivity contribution < 1.29 is 5.11 Å². The second-order valence-corrected chi connectivity index (χ2v) is 3.90. The van der Waals surface area contributed by atoms with Gasteiger partial charge in [-0.15, -0.1) is 0 Å². The Morgan fingerprint density at radius 1 is 1.36 bits per heavy atom. The lowest BCUT2D eigenvalue weighted by molar-refractivity contribution is 0.474. The van der Waals surface area contributed by atoms with Gasteiger partial charge in [-0.3, -0.25) is 0 Å². The highest BCUT2D eigenvalue weighted by Crippen LogP contribution is 2.28. The van der Waals surface area contributed by atoms with Gasteiger partial charge in [-0.1, -0.05) is 26.0 Å². The van der Waals surface area contributed by atoms with E-state index in [1.807, 2.05) is 19.1 Å². The van der Waals surface area contributed by atoms with E-state index in [2.05, 4.69) is 26.8 Å². The molecule has 1 N–H and O–H groups in total. The van der Waals surface area contributed by atoms with Crippen LogP contribution >= 0.6 is 0 Å². The van der Waals surface area contributed by atoms with E-state index in [9.17, 15) is 5.11 Å². The van der Waals surface area contributed by atoms with E-state index in [0.717, 1.165) is 0 Å². The molecule has 0 saturated heterocycles. The molecule has 0 aromatic heterocycles. The average molecular weight is 190 g/mol. The van der Waals surface area contributed by atoms with Crippen LogP contribution in [0.4, 0.5) is 0 Å². The number of aromatic hydroxyl groups is 1. The van der Waals surface area contributed by atoms with Gasteiger partial charge < -0.3 is 5.11 Å². The second kappa shape index (κ2) is 4.32. The lowest BCUT2D eigenvalue weighted by atomic mass is 9.93. The molecule has 1 aromatic rings. The van der Waals surface area contributed by atoms with Crippen LogP contribution in [0.25, 0.3) is 5.57 Å². The molecule has 1 nitrogen and oxygen atoms in total. The second-order valence-electron chi connectivity index (χ2n) is 3.90. The van der Waals surface area contributed by atoms with Crippen molar-refractivity contribution in [2.75, 3.05) is 0 Å². The zero-order valence-electron chi connectivity index (χ0n) is 9.33. The SMILES string of the molecule is CC=C(C)c1ccc(O)cc1C(C)C. The number of hydrogen-bond donors (Lipinski definition) is 1. The van der Waals surface area contributed by atoms with Gasteiger partial charge in [0.15, 0.2) is 0 Å². The first-order valence-corrected chi connectivity index (χ1v) is 5.02. The van der Waals surface area contributed by atoms with Crippen LogP contribution in [-0.2, 0) is 0 Å². The van der Waals surface area contributed by atoms with Gasteiger partial charge in [-0.05, 0) is 48.6 Å². The Hall–Kier alpha value is -1.24. The van der Waals surface area contributed by atoms with Crippen molar-refractivity contribution in [1.82, 2.24) is 0 Å². The fraction of sp³-hybridized carbons (Fsp3) is 0.385. The molecule has 0 atom stereocenters. The minimum atomic E-state index is 0.348. The Balaban J connectivity index is 3.29. The van der Waals surface area contributed by atoms with Gasteiger partial charge in [0.25, 0.3) is 0 Å². The Kier molecular flexibility index (Phi) is 3.34. The van der Waals surface area contributed by atoms with Crippen molar-refractivity contribution in [2.24, 2.45) is 0 Å². The summed E-state index contributed by atoms with van der Waals surface area (Å²) in [6.45, 7) is 8.41. The molecule has 1 aromatic carbocycles. The van der Waals surface area contributed by atoms with Gasteiger partial charge in [0.05, 0.1) is 0 Å². The summed E-state index contributed by atoms with van der Waals surface area (Å²) in [5, 5.41) is 9.42. The number of hydrogen-bond acceptors (Lipinski definition) is 1. The zero-order chi connectivity index (χ0) is 10.7. The third-order valence-electron chi connectivity index (χ3n) is 2.52. The number of phenols is 1. The van der Waals surface area contributed by atoms with Crippen LogP contribution in [0.1, 0.15) is 44.7 Å². The molecule has 0 spiro atoms. The summed E-state index contributed by atoms with van der Waals surface area (Å²) in [6.07, 6.45) is 2.10. The van der Waals surface area contributed by atoms with Gasteiger partial charge in [0.2, 0.25) is 0 Å². The topological polar surface area (TPSA) is 20.2 Å². The minimum Gasteiger partial charge on any atom is -0.508 e. The Morgan fingerprint density at radius 3 is 2.50 bits per heavy atom. The fourth-order valence-corrected chi connectivity index (χ4v) is 1.54. The first-order valence-electron chi connectivity index (χ1n) is 5.02. The molecular formula is C13H18O. The van der Waals surface area contributed by atoms with Gasteiger partial charge in [-0.25, -0.2) is 0 Å².